The van der Waals surface area contributed by atoms with Crippen LogP contribution in [0.15, 0.2) is 18.2 Å². The fraction of sp³-hybridized carbons (Fsp3) is 0.625. The molecule has 1 heterocycles. The van der Waals surface area contributed by atoms with Crippen LogP contribution in [0.3, 0.4) is 0 Å². The van der Waals surface area contributed by atoms with Gasteiger partial charge in [-0.05, 0) is 36.6 Å². The van der Waals surface area contributed by atoms with Crippen LogP contribution < -0.4 is 4.90 Å². The smallest absolute Gasteiger partial charge is 0.0399 e. The number of hydrogen-bond donors (Lipinski definition) is 0. The van der Waals surface area contributed by atoms with Crippen molar-refractivity contribution in [3.05, 3.63) is 29.3 Å². The van der Waals surface area contributed by atoms with Gasteiger partial charge in [-0.2, -0.15) is 0 Å². The molecule has 2 nitrogen and oxygen atoms in total. The van der Waals surface area contributed by atoms with Gasteiger partial charge in [0, 0.05) is 31.9 Å². The van der Waals surface area contributed by atoms with E-state index < -0.39 is 0 Å². The van der Waals surface area contributed by atoms with Gasteiger partial charge in [-0.3, -0.25) is 0 Å². The first kappa shape index (κ1) is 13.4. The fourth-order valence-corrected chi connectivity index (χ4v) is 2.46. The van der Waals surface area contributed by atoms with E-state index in [-0.39, 0.29) is 5.41 Å². The Kier molecular flexibility index (Phi) is 3.67. The number of piperazine rings is 1. The Bertz CT molecular complexity index is 410. The van der Waals surface area contributed by atoms with Crippen LogP contribution in [-0.4, -0.2) is 38.1 Å². The lowest BCUT2D eigenvalue weighted by molar-refractivity contribution is 0.312. The van der Waals surface area contributed by atoms with Gasteiger partial charge in [0.25, 0.3) is 0 Å². The molecule has 0 radical (unpaired) electrons. The summed E-state index contributed by atoms with van der Waals surface area (Å²) in [5.41, 5.74) is 4.49. The molecule has 1 saturated heterocycles. The van der Waals surface area contributed by atoms with E-state index in [0.29, 0.717) is 0 Å². The largest absolute Gasteiger partial charge is 0.369 e. The number of benzene rings is 1. The van der Waals surface area contributed by atoms with E-state index in [1.807, 2.05) is 0 Å². The van der Waals surface area contributed by atoms with Crippen LogP contribution in [0.25, 0.3) is 0 Å². The van der Waals surface area contributed by atoms with E-state index in [1.54, 1.807) is 0 Å². The molecule has 1 aliphatic heterocycles. The molecule has 100 valence electrons. The quantitative estimate of drug-likeness (QED) is 0.751. The first-order chi connectivity index (χ1) is 8.38. The van der Waals surface area contributed by atoms with E-state index in [2.05, 4.69) is 62.7 Å². The number of nitrogens with zero attached hydrogens (tertiary/aromatic N) is 2. The predicted octanol–water partition coefficient (Wildman–Crippen LogP) is 3.04. The van der Waals surface area contributed by atoms with E-state index in [0.717, 1.165) is 13.1 Å². The summed E-state index contributed by atoms with van der Waals surface area (Å²) in [6.07, 6.45) is 0. The highest BCUT2D eigenvalue weighted by molar-refractivity contribution is 5.56. The van der Waals surface area contributed by atoms with Gasteiger partial charge >= 0.3 is 0 Å². The molecule has 0 aromatic heterocycles. The summed E-state index contributed by atoms with van der Waals surface area (Å²) in [7, 11) is 2.20. The molecule has 0 atom stereocenters. The van der Waals surface area contributed by atoms with Gasteiger partial charge in [-0.1, -0.05) is 32.9 Å². The Morgan fingerprint density at radius 1 is 1.00 bits per heavy atom. The van der Waals surface area contributed by atoms with Crippen molar-refractivity contribution in [1.29, 1.82) is 0 Å². The Morgan fingerprint density at radius 3 is 2.17 bits per heavy atom. The molecule has 2 heteroatoms. The van der Waals surface area contributed by atoms with E-state index in [9.17, 15) is 0 Å². The molecular formula is C16H26N2. The molecule has 0 saturated carbocycles. The summed E-state index contributed by atoms with van der Waals surface area (Å²) >= 11 is 0. The fourth-order valence-electron chi connectivity index (χ4n) is 2.46. The molecule has 1 aromatic carbocycles. The zero-order valence-electron chi connectivity index (χ0n) is 12.5. The number of likely N-dealkylation sites (N-methyl/N-ethyl adjacent to an activating group) is 1. The number of anilines is 1. The number of aryl methyl sites for hydroxylation is 1. The maximum Gasteiger partial charge on any atom is 0.0399 e. The molecule has 0 aliphatic carbocycles. The third-order valence-electron chi connectivity index (χ3n) is 3.92. The van der Waals surface area contributed by atoms with Crippen molar-refractivity contribution in [2.75, 3.05) is 38.1 Å². The first-order valence-electron chi connectivity index (χ1n) is 6.92. The molecule has 0 spiro atoms. The maximum atomic E-state index is 2.53. The second-order valence-corrected chi connectivity index (χ2v) is 6.54. The minimum absolute atomic E-state index is 0.231. The lowest BCUT2D eigenvalue weighted by Gasteiger charge is -2.35. The molecule has 18 heavy (non-hydrogen) atoms. The van der Waals surface area contributed by atoms with E-state index >= 15 is 0 Å². The lowest BCUT2D eigenvalue weighted by Crippen LogP contribution is -2.44. The summed E-state index contributed by atoms with van der Waals surface area (Å²) in [6, 6.07) is 6.93. The third kappa shape index (κ3) is 2.86. The number of rotatable bonds is 1. The van der Waals surface area contributed by atoms with E-state index in [1.165, 1.54) is 29.9 Å². The Morgan fingerprint density at radius 2 is 1.61 bits per heavy atom. The molecule has 1 aliphatic rings. The van der Waals surface area contributed by atoms with Crippen LogP contribution in [0.4, 0.5) is 5.69 Å². The minimum atomic E-state index is 0.231. The predicted molar refractivity (Wildman–Crippen MR) is 79.6 cm³/mol. The summed E-state index contributed by atoms with van der Waals surface area (Å²) in [6.45, 7) is 13.7. The van der Waals surface area contributed by atoms with Crippen LogP contribution in [0.5, 0.6) is 0 Å². The van der Waals surface area contributed by atoms with Gasteiger partial charge < -0.3 is 9.80 Å². The normalized spacial score (nSPS) is 18.2. The van der Waals surface area contributed by atoms with Crippen molar-refractivity contribution in [2.45, 2.75) is 33.1 Å². The van der Waals surface area contributed by atoms with Crippen molar-refractivity contribution < 1.29 is 0 Å². The molecule has 0 amide bonds. The van der Waals surface area contributed by atoms with Crippen LogP contribution in [0.1, 0.15) is 31.9 Å². The van der Waals surface area contributed by atoms with Gasteiger partial charge in [0.2, 0.25) is 0 Å². The SMILES string of the molecule is Cc1ccc(C(C)(C)C)cc1N1CCN(C)CC1. The summed E-state index contributed by atoms with van der Waals surface area (Å²) in [4.78, 5) is 4.93. The zero-order chi connectivity index (χ0) is 13.3. The molecule has 0 unspecified atom stereocenters. The van der Waals surface area contributed by atoms with Crippen LogP contribution >= 0.6 is 0 Å². The van der Waals surface area contributed by atoms with Crippen LogP contribution in [0, 0.1) is 6.92 Å². The molecule has 2 rings (SSSR count). The standard InChI is InChI=1S/C16H26N2/c1-13-6-7-14(16(2,3)4)12-15(13)18-10-8-17(5)9-11-18/h6-7,12H,8-11H2,1-5H3. The van der Waals surface area contributed by atoms with Crippen molar-refractivity contribution in [3.63, 3.8) is 0 Å². The second-order valence-electron chi connectivity index (χ2n) is 6.54. The van der Waals surface area contributed by atoms with Crippen molar-refractivity contribution in [2.24, 2.45) is 0 Å². The van der Waals surface area contributed by atoms with E-state index in [4.69, 9.17) is 0 Å². The number of hydrogen-bond acceptors (Lipinski definition) is 2. The van der Waals surface area contributed by atoms with Crippen LogP contribution in [0.2, 0.25) is 0 Å². The second kappa shape index (κ2) is 4.93. The highest BCUT2D eigenvalue weighted by atomic mass is 15.2. The molecule has 0 N–H and O–H groups in total. The first-order valence-corrected chi connectivity index (χ1v) is 6.92. The van der Waals surface area contributed by atoms with Gasteiger partial charge in [-0.15, -0.1) is 0 Å². The van der Waals surface area contributed by atoms with Gasteiger partial charge in [0.1, 0.15) is 0 Å². The maximum absolute atomic E-state index is 2.53. The molecule has 0 bridgehead atoms. The molecule has 1 aromatic rings. The average Bonchev–Trinajstić information content (AvgIpc) is 2.29. The van der Waals surface area contributed by atoms with Crippen molar-refractivity contribution in [3.8, 4) is 0 Å². The highest BCUT2D eigenvalue weighted by Crippen LogP contribution is 2.29. The zero-order valence-corrected chi connectivity index (χ0v) is 12.5. The summed E-state index contributed by atoms with van der Waals surface area (Å²) < 4.78 is 0. The van der Waals surface area contributed by atoms with Gasteiger partial charge in [0.05, 0.1) is 0 Å². The topological polar surface area (TPSA) is 6.48 Å². The van der Waals surface area contributed by atoms with Gasteiger partial charge in [-0.25, -0.2) is 0 Å². The van der Waals surface area contributed by atoms with Gasteiger partial charge in [0.15, 0.2) is 0 Å². The summed E-state index contributed by atoms with van der Waals surface area (Å²) in [5, 5.41) is 0. The lowest BCUT2D eigenvalue weighted by atomic mass is 9.86. The monoisotopic (exact) mass is 246 g/mol. The highest BCUT2D eigenvalue weighted by Gasteiger charge is 2.19. The molecule has 1 fully saturated rings. The average molecular weight is 246 g/mol. The van der Waals surface area contributed by atoms with Crippen molar-refractivity contribution in [1.82, 2.24) is 4.90 Å². The third-order valence-corrected chi connectivity index (χ3v) is 3.92. The molecular weight excluding hydrogens is 220 g/mol. The van der Waals surface area contributed by atoms with Crippen LogP contribution in [-0.2, 0) is 5.41 Å². The Balaban J connectivity index is 2.27. The Hall–Kier alpha value is -1.02. The summed E-state index contributed by atoms with van der Waals surface area (Å²) in [5.74, 6) is 0. The Labute approximate surface area is 112 Å². The van der Waals surface area contributed by atoms with Crippen molar-refractivity contribution >= 4 is 5.69 Å². The minimum Gasteiger partial charge on any atom is -0.369 e.